The van der Waals surface area contributed by atoms with Crippen molar-refractivity contribution in [2.24, 2.45) is 16.7 Å². The number of hydrogen-bond acceptors (Lipinski definition) is 2. The van der Waals surface area contributed by atoms with Gasteiger partial charge in [0, 0.05) is 12.6 Å². The molecule has 2 bridgehead atoms. The van der Waals surface area contributed by atoms with Gasteiger partial charge in [-0.1, -0.05) is 20.8 Å². The van der Waals surface area contributed by atoms with Gasteiger partial charge in [0.1, 0.15) is 0 Å². The zero-order valence-electron chi connectivity index (χ0n) is 12.2. The predicted molar refractivity (Wildman–Crippen MR) is 72.1 cm³/mol. The van der Waals surface area contributed by atoms with Gasteiger partial charge in [-0.2, -0.15) is 0 Å². The maximum Gasteiger partial charge on any atom is 0.0594 e. The van der Waals surface area contributed by atoms with E-state index in [9.17, 15) is 0 Å². The van der Waals surface area contributed by atoms with E-state index >= 15 is 0 Å². The fourth-order valence-electron chi connectivity index (χ4n) is 4.31. The lowest BCUT2D eigenvalue weighted by Crippen LogP contribution is -2.51. The fourth-order valence-corrected chi connectivity index (χ4v) is 4.31. The standard InChI is InChI=1S/C15H29NO/c1-11(2)17-9-8-16-13-14(3,4)12-6-7-15(13,5)10-12/h11-13,16H,6-10H2,1-5H3. The van der Waals surface area contributed by atoms with Crippen LogP contribution in [0.3, 0.4) is 0 Å². The van der Waals surface area contributed by atoms with E-state index in [4.69, 9.17) is 4.74 Å². The first-order valence-electron chi connectivity index (χ1n) is 7.21. The van der Waals surface area contributed by atoms with Crippen molar-refractivity contribution in [2.75, 3.05) is 13.2 Å². The summed E-state index contributed by atoms with van der Waals surface area (Å²) >= 11 is 0. The highest BCUT2D eigenvalue weighted by molar-refractivity contribution is 5.11. The molecular weight excluding hydrogens is 210 g/mol. The van der Waals surface area contributed by atoms with Crippen molar-refractivity contribution < 1.29 is 4.74 Å². The molecule has 2 rings (SSSR count). The second-order valence-electron chi connectivity index (χ2n) is 7.22. The number of ether oxygens (including phenoxy) is 1. The molecule has 2 aliphatic carbocycles. The second-order valence-corrected chi connectivity index (χ2v) is 7.22. The summed E-state index contributed by atoms with van der Waals surface area (Å²) in [5.41, 5.74) is 0.997. The molecule has 2 heteroatoms. The van der Waals surface area contributed by atoms with Crippen LogP contribution in [0.4, 0.5) is 0 Å². The lowest BCUT2D eigenvalue weighted by atomic mass is 9.68. The van der Waals surface area contributed by atoms with E-state index < -0.39 is 0 Å². The van der Waals surface area contributed by atoms with Crippen LogP contribution in [0.1, 0.15) is 53.9 Å². The molecule has 0 aliphatic heterocycles. The molecule has 1 N–H and O–H groups in total. The number of hydrogen-bond donors (Lipinski definition) is 1. The van der Waals surface area contributed by atoms with Gasteiger partial charge in [0.2, 0.25) is 0 Å². The molecule has 3 atom stereocenters. The monoisotopic (exact) mass is 239 g/mol. The van der Waals surface area contributed by atoms with Gasteiger partial charge in [-0.15, -0.1) is 0 Å². The van der Waals surface area contributed by atoms with E-state index in [1.54, 1.807) is 0 Å². The van der Waals surface area contributed by atoms with Crippen molar-refractivity contribution in [3.8, 4) is 0 Å². The Kier molecular flexibility index (Phi) is 3.57. The highest BCUT2D eigenvalue weighted by atomic mass is 16.5. The molecular formula is C15H29NO. The molecule has 0 aromatic heterocycles. The van der Waals surface area contributed by atoms with E-state index in [-0.39, 0.29) is 0 Å². The van der Waals surface area contributed by atoms with Gasteiger partial charge in [-0.25, -0.2) is 0 Å². The molecule has 2 saturated carbocycles. The summed E-state index contributed by atoms with van der Waals surface area (Å²) in [7, 11) is 0. The fraction of sp³-hybridized carbons (Fsp3) is 1.00. The lowest BCUT2D eigenvalue weighted by molar-refractivity contribution is 0.0617. The summed E-state index contributed by atoms with van der Waals surface area (Å²) in [6.07, 6.45) is 4.61. The first-order valence-corrected chi connectivity index (χ1v) is 7.21. The van der Waals surface area contributed by atoms with Crippen molar-refractivity contribution in [1.29, 1.82) is 0 Å². The number of fused-ring (bicyclic) bond motifs is 2. The summed E-state index contributed by atoms with van der Waals surface area (Å²) in [5, 5.41) is 3.77. The van der Waals surface area contributed by atoms with Crippen LogP contribution in [0.15, 0.2) is 0 Å². The normalized spacial score (nSPS) is 39.2. The van der Waals surface area contributed by atoms with E-state index in [1.165, 1.54) is 19.3 Å². The highest BCUT2D eigenvalue weighted by Crippen LogP contribution is 2.62. The van der Waals surface area contributed by atoms with Crippen molar-refractivity contribution in [2.45, 2.75) is 66.0 Å². The summed E-state index contributed by atoms with van der Waals surface area (Å²) in [6.45, 7) is 13.4. The minimum absolute atomic E-state index is 0.348. The number of rotatable bonds is 5. The molecule has 17 heavy (non-hydrogen) atoms. The van der Waals surface area contributed by atoms with E-state index in [0.29, 0.717) is 23.0 Å². The average Bonchev–Trinajstić information content (AvgIpc) is 2.67. The molecule has 3 unspecified atom stereocenters. The van der Waals surface area contributed by atoms with Crippen LogP contribution in [0.5, 0.6) is 0 Å². The van der Waals surface area contributed by atoms with Crippen molar-refractivity contribution in [3.63, 3.8) is 0 Å². The third kappa shape index (κ3) is 2.39. The molecule has 0 amide bonds. The predicted octanol–water partition coefficient (Wildman–Crippen LogP) is 3.22. The molecule has 100 valence electrons. The summed E-state index contributed by atoms with van der Waals surface area (Å²) in [6, 6.07) is 0.671. The summed E-state index contributed by atoms with van der Waals surface area (Å²) < 4.78 is 5.62. The van der Waals surface area contributed by atoms with Gasteiger partial charge >= 0.3 is 0 Å². The van der Waals surface area contributed by atoms with Crippen molar-refractivity contribution in [3.05, 3.63) is 0 Å². The molecule has 2 fully saturated rings. The van der Waals surface area contributed by atoms with Crippen LogP contribution in [0, 0.1) is 16.7 Å². The maximum atomic E-state index is 5.62. The smallest absolute Gasteiger partial charge is 0.0594 e. The molecule has 2 aliphatic rings. The molecule has 0 aromatic carbocycles. The minimum Gasteiger partial charge on any atom is -0.377 e. The topological polar surface area (TPSA) is 21.3 Å². The van der Waals surface area contributed by atoms with E-state index in [0.717, 1.165) is 19.1 Å². The summed E-state index contributed by atoms with van der Waals surface area (Å²) in [5.74, 6) is 0.927. The van der Waals surface area contributed by atoms with Crippen LogP contribution in [0.25, 0.3) is 0 Å². The van der Waals surface area contributed by atoms with Crippen LogP contribution < -0.4 is 5.32 Å². The van der Waals surface area contributed by atoms with Crippen molar-refractivity contribution in [1.82, 2.24) is 5.32 Å². The van der Waals surface area contributed by atoms with Gasteiger partial charge in [0.25, 0.3) is 0 Å². The van der Waals surface area contributed by atoms with Crippen LogP contribution in [0.2, 0.25) is 0 Å². The maximum absolute atomic E-state index is 5.62. The van der Waals surface area contributed by atoms with Gasteiger partial charge in [0.15, 0.2) is 0 Å². The Morgan fingerprint density at radius 3 is 2.53 bits per heavy atom. The van der Waals surface area contributed by atoms with E-state index in [1.807, 2.05) is 0 Å². The first kappa shape index (κ1) is 13.4. The van der Waals surface area contributed by atoms with Gasteiger partial charge in [0.05, 0.1) is 12.7 Å². The average molecular weight is 239 g/mol. The summed E-state index contributed by atoms with van der Waals surface area (Å²) in [4.78, 5) is 0. The Morgan fingerprint density at radius 1 is 1.29 bits per heavy atom. The minimum atomic E-state index is 0.348. The molecule has 0 heterocycles. The second kappa shape index (κ2) is 4.55. The third-order valence-electron chi connectivity index (χ3n) is 5.17. The van der Waals surface area contributed by atoms with Gasteiger partial charge in [-0.3, -0.25) is 0 Å². The van der Waals surface area contributed by atoms with Crippen LogP contribution in [-0.2, 0) is 4.74 Å². The Labute approximate surface area is 107 Å². The molecule has 2 nitrogen and oxygen atoms in total. The lowest BCUT2D eigenvalue weighted by Gasteiger charge is -2.43. The van der Waals surface area contributed by atoms with Crippen LogP contribution in [-0.4, -0.2) is 25.3 Å². The Bertz CT molecular complexity index is 269. The van der Waals surface area contributed by atoms with Gasteiger partial charge < -0.3 is 10.1 Å². The van der Waals surface area contributed by atoms with Crippen LogP contribution >= 0.6 is 0 Å². The van der Waals surface area contributed by atoms with E-state index in [2.05, 4.69) is 39.9 Å². The zero-order chi connectivity index (χ0) is 12.7. The number of nitrogens with one attached hydrogen (secondary N) is 1. The van der Waals surface area contributed by atoms with Crippen molar-refractivity contribution >= 4 is 0 Å². The Morgan fingerprint density at radius 2 is 2.00 bits per heavy atom. The largest absolute Gasteiger partial charge is 0.377 e. The zero-order valence-corrected chi connectivity index (χ0v) is 12.2. The third-order valence-corrected chi connectivity index (χ3v) is 5.17. The molecule has 0 spiro atoms. The Balaban J connectivity index is 1.87. The quantitative estimate of drug-likeness (QED) is 0.744. The van der Waals surface area contributed by atoms with Gasteiger partial charge in [-0.05, 0) is 49.9 Å². The first-order chi connectivity index (χ1) is 7.86. The SMILES string of the molecule is CC(C)OCCNC1C2(C)CCC(C2)C1(C)C. The Hall–Kier alpha value is -0.0800. The molecule has 0 radical (unpaired) electrons. The highest BCUT2D eigenvalue weighted by Gasteiger charge is 2.58. The molecule has 0 saturated heterocycles. The molecule has 0 aromatic rings.